The first-order chi connectivity index (χ1) is 1.91. The molecular formula is H3NS3. The minimum Gasteiger partial charge on any atom is -0.268 e. The van der Waals surface area contributed by atoms with Crippen LogP contribution < -0.4 is 5.14 Å². The molecule has 0 aromatic rings. The largest absolute Gasteiger partial charge is 0.268 e. The van der Waals surface area contributed by atoms with Gasteiger partial charge in [-0.3, -0.25) is 5.14 Å². The van der Waals surface area contributed by atoms with Gasteiger partial charge in [0.2, 0.25) is 0 Å². The molecule has 0 aliphatic carbocycles. The van der Waals surface area contributed by atoms with Crippen molar-refractivity contribution in [3.05, 3.63) is 0 Å². The third-order valence-corrected chi connectivity index (χ3v) is 1.16. The predicted molar refractivity (Wildman–Crippen MR) is 28.4 cm³/mol. The Labute approximate surface area is 38.1 Å². The van der Waals surface area contributed by atoms with Crippen molar-refractivity contribution in [3.63, 3.8) is 0 Å². The fourth-order valence-corrected chi connectivity index (χ4v) is 0. The van der Waals surface area contributed by atoms with Gasteiger partial charge in [0.25, 0.3) is 0 Å². The summed E-state index contributed by atoms with van der Waals surface area (Å²) in [5.74, 6) is 0. The van der Waals surface area contributed by atoms with Crippen molar-refractivity contribution in [2.45, 2.75) is 0 Å². The third kappa shape index (κ3) is 3.01. The molecule has 0 aromatic heterocycles. The molecule has 0 radical (unpaired) electrons. The first kappa shape index (κ1) is 5.01. The lowest BCUT2D eigenvalue weighted by atomic mass is 14.0. The van der Waals surface area contributed by atoms with Gasteiger partial charge in [0.05, 0.1) is 0 Å². The smallest absolute Gasteiger partial charge is 0.00300 e. The summed E-state index contributed by atoms with van der Waals surface area (Å²) in [5.41, 5.74) is 0. The molecule has 0 fully saturated rings. The Bertz CT molecular complexity index is 5.25. The summed E-state index contributed by atoms with van der Waals surface area (Å²) >= 11 is 3.68. The minimum absolute atomic E-state index is 1.14. The lowest BCUT2D eigenvalue weighted by Gasteiger charge is -1.68. The second kappa shape index (κ2) is 4.01. The number of rotatable bonds is 1. The van der Waals surface area contributed by atoms with Crippen LogP contribution in [0.2, 0.25) is 0 Å². The number of thiol groups is 1. The average Bonchev–Trinajstić information content (AvgIpc) is 1.37. The molecule has 0 unspecified atom stereocenters. The predicted octanol–water partition coefficient (Wildman–Crippen LogP) is 1.09. The summed E-state index contributed by atoms with van der Waals surface area (Å²) in [7, 11) is 2.38. The lowest BCUT2D eigenvalue weighted by molar-refractivity contribution is 2.07. The van der Waals surface area contributed by atoms with E-state index < -0.39 is 0 Å². The monoisotopic (exact) mass is 113 g/mol. The van der Waals surface area contributed by atoms with Gasteiger partial charge in [0.1, 0.15) is 0 Å². The Hall–Kier alpha value is 1.01. The topological polar surface area (TPSA) is 26.0 Å². The van der Waals surface area contributed by atoms with Crippen LogP contribution in [0.3, 0.4) is 0 Å². The summed E-state index contributed by atoms with van der Waals surface area (Å²) in [6, 6.07) is 0. The molecule has 0 aromatic carbocycles. The van der Waals surface area contributed by atoms with Crippen LogP contribution in [0.5, 0.6) is 0 Å². The Morgan fingerprint density at radius 1 is 1.75 bits per heavy atom. The van der Waals surface area contributed by atoms with Crippen LogP contribution in [0.1, 0.15) is 0 Å². The molecular weight excluding hydrogens is 110 g/mol. The second-order valence-corrected chi connectivity index (χ2v) is 2.88. The summed E-state index contributed by atoms with van der Waals surface area (Å²) < 4.78 is 0. The van der Waals surface area contributed by atoms with Crippen molar-refractivity contribution in [1.29, 1.82) is 0 Å². The highest BCUT2D eigenvalue weighted by Crippen LogP contribution is 2.15. The molecule has 4 heteroatoms. The fourth-order valence-electron chi connectivity index (χ4n) is 0. The van der Waals surface area contributed by atoms with Crippen molar-refractivity contribution in [2.24, 2.45) is 5.14 Å². The molecule has 0 saturated heterocycles. The van der Waals surface area contributed by atoms with Crippen LogP contribution in [-0.4, -0.2) is 0 Å². The minimum atomic E-state index is 1.14. The Kier molecular flexibility index (Phi) is 5.02. The van der Waals surface area contributed by atoms with E-state index in [-0.39, 0.29) is 0 Å². The van der Waals surface area contributed by atoms with E-state index in [1.54, 1.807) is 0 Å². The van der Waals surface area contributed by atoms with Crippen LogP contribution in [-0.2, 0) is 0 Å². The van der Waals surface area contributed by atoms with E-state index in [1.165, 1.54) is 9.83 Å². The maximum Gasteiger partial charge on any atom is -0.00300 e. The molecule has 2 N–H and O–H groups in total. The fraction of sp³-hybridized carbons (Fsp3) is 0. The zero-order valence-electron chi connectivity index (χ0n) is 1.84. The summed E-state index contributed by atoms with van der Waals surface area (Å²) in [5, 5.41) is 4.83. The molecule has 1 nitrogen and oxygen atoms in total. The third-order valence-electron chi connectivity index (χ3n) is 0.0430. The van der Waals surface area contributed by atoms with E-state index in [0.29, 0.717) is 0 Å². The van der Waals surface area contributed by atoms with Crippen molar-refractivity contribution >= 4 is 32.5 Å². The lowest BCUT2D eigenvalue weighted by Crippen LogP contribution is -1.61. The molecule has 0 heterocycles. The van der Waals surface area contributed by atoms with E-state index in [1.807, 2.05) is 0 Å². The second-order valence-electron chi connectivity index (χ2n) is 0.171. The van der Waals surface area contributed by atoms with Gasteiger partial charge >= 0.3 is 0 Å². The molecule has 0 rings (SSSR count). The highest BCUT2D eigenvalue weighted by Gasteiger charge is 1.57. The molecule has 26 valence electrons. The molecule has 0 saturated carbocycles. The highest BCUT2D eigenvalue weighted by atomic mass is 33.5. The Morgan fingerprint density at radius 3 is 2.00 bits per heavy atom. The first-order valence-electron chi connectivity index (χ1n) is 0.585. The Balaban J connectivity index is 1.97. The molecule has 0 atom stereocenters. The summed E-state index contributed by atoms with van der Waals surface area (Å²) in [6.07, 6.45) is 0. The molecule has 4 heavy (non-hydrogen) atoms. The van der Waals surface area contributed by atoms with Gasteiger partial charge in [-0.2, -0.15) is 0 Å². The number of hydrogen-bond donors (Lipinski definition) is 2. The van der Waals surface area contributed by atoms with Gasteiger partial charge in [0, 0.05) is 0 Å². The van der Waals surface area contributed by atoms with Crippen molar-refractivity contribution < 1.29 is 0 Å². The molecule has 0 amide bonds. The van der Waals surface area contributed by atoms with Crippen molar-refractivity contribution in [1.82, 2.24) is 0 Å². The number of hydrogen-bond acceptors (Lipinski definition) is 4. The van der Waals surface area contributed by atoms with E-state index in [4.69, 9.17) is 5.14 Å². The van der Waals surface area contributed by atoms with Crippen LogP contribution in [0.15, 0.2) is 0 Å². The molecule has 0 bridgehead atoms. The quantitative estimate of drug-likeness (QED) is 0.302. The standard InChI is InChI=1S/H3NS3/c1-3-4-2/h2H,1H2. The van der Waals surface area contributed by atoms with Crippen LogP contribution in [0.4, 0.5) is 0 Å². The van der Waals surface area contributed by atoms with Crippen molar-refractivity contribution in [2.75, 3.05) is 0 Å². The molecule has 0 spiro atoms. The number of nitrogens with two attached hydrogens (primary N) is 1. The zero-order chi connectivity index (χ0) is 3.41. The van der Waals surface area contributed by atoms with E-state index in [0.717, 1.165) is 11.0 Å². The van der Waals surface area contributed by atoms with Gasteiger partial charge in [-0.05, 0) is 20.8 Å². The van der Waals surface area contributed by atoms with Crippen LogP contribution in [0, 0.1) is 0 Å². The normalized spacial score (nSPS) is 7.50. The highest BCUT2D eigenvalue weighted by molar-refractivity contribution is 9.05. The molecule has 0 aliphatic rings. The summed E-state index contributed by atoms with van der Waals surface area (Å²) in [4.78, 5) is 0. The van der Waals surface area contributed by atoms with Gasteiger partial charge < -0.3 is 0 Å². The average molecular weight is 113 g/mol. The first-order valence-corrected chi connectivity index (χ1v) is 3.85. The maximum atomic E-state index is 4.83. The van der Waals surface area contributed by atoms with E-state index in [2.05, 4.69) is 11.7 Å². The van der Waals surface area contributed by atoms with Gasteiger partial charge in [0.15, 0.2) is 0 Å². The summed E-state index contributed by atoms with van der Waals surface area (Å²) in [6.45, 7) is 0. The van der Waals surface area contributed by atoms with E-state index in [9.17, 15) is 0 Å². The SMILES string of the molecule is NSSS. The van der Waals surface area contributed by atoms with E-state index >= 15 is 0 Å². The van der Waals surface area contributed by atoms with Crippen molar-refractivity contribution in [3.8, 4) is 0 Å². The zero-order valence-corrected chi connectivity index (χ0v) is 4.37. The maximum absolute atomic E-state index is 4.83. The molecule has 0 aliphatic heterocycles. The van der Waals surface area contributed by atoms with Gasteiger partial charge in [-0.1, -0.05) is 11.7 Å². The Morgan fingerprint density at radius 2 is 2.00 bits per heavy atom. The van der Waals surface area contributed by atoms with Gasteiger partial charge in [-0.25, -0.2) is 0 Å². The van der Waals surface area contributed by atoms with Gasteiger partial charge in [-0.15, -0.1) is 0 Å². The van der Waals surface area contributed by atoms with Crippen LogP contribution >= 0.6 is 32.5 Å². The van der Waals surface area contributed by atoms with Crippen LogP contribution in [0.25, 0.3) is 0 Å².